The fraction of sp³-hybridized carbons (Fsp3) is 0.0833. The molecular weight excluding hydrogens is 304 g/mol. The maximum absolute atomic E-state index is 5.93. The van der Waals surface area contributed by atoms with Crippen LogP contribution in [0.25, 0.3) is 32.5 Å². The number of benzene rings is 4. The van der Waals surface area contributed by atoms with E-state index in [1.807, 2.05) is 12.1 Å². The Labute approximate surface area is 146 Å². The van der Waals surface area contributed by atoms with E-state index in [0.29, 0.717) is 0 Å². The van der Waals surface area contributed by atoms with E-state index in [0.717, 1.165) is 24.2 Å². The molecule has 4 aromatic carbocycles. The van der Waals surface area contributed by atoms with Crippen molar-refractivity contribution in [3.63, 3.8) is 0 Å². The zero-order chi connectivity index (χ0) is 16.6. The molecule has 0 spiro atoms. The first kappa shape index (κ1) is 14.3. The van der Waals surface area contributed by atoms with E-state index in [4.69, 9.17) is 4.42 Å². The molecular formula is C24H18O. The summed E-state index contributed by atoms with van der Waals surface area (Å²) in [6.45, 7) is 0. The van der Waals surface area contributed by atoms with Gasteiger partial charge in [0.1, 0.15) is 11.3 Å². The third-order valence-electron chi connectivity index (χ3n) is 4.95. The second-order valence-electron chi connectivity index (χ2n) is 6.59. The zero-order valence-electron chi connectivity index (χ0n) is 13.9. The molecule has 0 fully saturated rings. The zero-order valence-corrected chi connectivity index (χ0v) is 13.9. The minimum Gasteiger partial charge on any atom is -0.461 e. The van der Waals surface area contributed by atoms with Gasteiger partial charge in [0.25, 0.3) is 0 Å². The SMILES string of the molecule is c1ccc2oc(CCc3ccc4c(ccc5ccccc54)c3)cc2c1. The molecule has 0 amide bonds. The van der Waals surface area contributed by atoms with Gasteiger partial charge in [0.2, 0.25) is 0 Å². The molecule has 1 aromatic heterocycles. The summed E-state index contributed by atoms with van der Waals surface area (Å²) in [7, 11) is 0. The summed E-state index contributed by atoms with van der Waals surface area (Å²) in [4.78, 5) is 0. The van der Waals surface area contributed by atoms with Gasteiger partial charge < -0.3 is 4.42 Å². The van der Waals surface area contributed by atoms with Gasteiger partial charge in [-0.3, -0.25) is 0 Å². The fourth-order valence-corrected chi connectivity index (χ4v) is 3.65. The summed E-state index contributed by atoms with van der Waals surface area (Å²) in [6, 6.07) is 30.2. The Kier molecular flexibility index (Phi) is 3.31. The van der Waals surface area contributed by atoms with E-state index in [1.54, 1.807) is 0 Å². The maximum atomic E-state index is 5.93. The van der Waals surface area contributed by atoms with Crippen LogP contribution in [0.15, 0.2) is 89.3 Å². The predicted molar refractivity (Wildman–Crippen MR) is 105 cm³/mol. The van der Waals surface area contributed by atoms with Crippen molar-refractivity contribution in [1.82, 2.24) is 0 Å². The smallest absolute Gasteiger partial charge is 0.134 e. The van der Waals surface area contributed by atoms with Gasteiger partial charge in [0, 0.05) is 11.8 Å². The van der Waals surface area contributed by atoms with Crippen LogP contribution in [0.5, 0.6) is 0 Å². The molecule has 0 aliphatic carbocycles. The lowest BCUT2D eigenvalue weighted by Gasteiger charge is -2.06. The molecule has 0 saturated heterocycles. The number of hydrogen-bond acceptors (Lipinski definition) is 1. The molecule has 25 heavy (non-hydrogen) atoms. The molecule has 1 heteroatoms. The van der Waals surface area contributed by atoms with Crippen molar-refractivity contribution in [2.75, 3.05) is 0 Å². The molecule has 120 valence electrons. The number of fused-ring (bicyclic) bond motifs is 4. The minimum atomic E-state index is 0.924. The first-order chi connectivity index (χ1) is 12.4. The predicted octanol–water partition coefficient (Wildman–Crippen LogP) is 6.52. The van der Waals surface area contributed by atoms with Crippen LogP contribution in [0.3, 0.4) is 0 Å². The summed E-state index contributed by atoms with van der Waals surface area (Å²) >= 11 is 0. The van der Waals surface area contributed by atoms with Gasteiger partial charge in [-0.25, -0.2) is 0 Å². The second-order valence-corrected chi connectivity index (χ2v) is 6.59. The highest BCUT2D eigenvalue weighted by Crippen LogP contribution is 2.27. The molecule has 5 rings (SSSR count). The summed E-state index contributed by atoms with van der Waals surface area (Å²) in [6.07, 6.45) is 1.91. The molecule has 0 radical (unpaired) electrons. The van der Waals surface area contributed by atoms with Gasteiger partial charge >= 0.3 is 0 Å². The fourth-order valence-electron chi connectivity index (χ4n) is 3.65. The third kappa shape index (κ3) is 2.58. The summed E-state index contributed by atoms with van der Waals surface area (Å²) in [5.41, 5.74) is 2.32. The maximum Gasteiger partial charge on any atom is 0.134 e. The minimum absolute atomic E-state index is 0.924. The quantitative estimate of drug-likeness (QED) is 0.344. The van der Waals surface area contributed by atoms with Crippen molar-refractivity contribution in [3.8, 4) is 0 Å². The number of furan rings is 1. The molecule has 1 nitrogen and oxygen atoms in total. The van der Waals surface area contributed by atoms with Crippen molar-refractivity contribution in [2.45, 2.75) is 12.8 Å². The summed E-state index contributed by atoms with van der Waals surface area (Å²) in [5, 5.41) is 6.43. The van der Waals surface area contributed by atoms with Gasteiger partial charge in [-0.1, -0.05) is 72.8 Å². The van der Waals surface area contributed by atoms with Gasteiger partial charge in [0.05, 0.1) is 0 Å². The van der Waals surface area contributed by atoms with Gasteiger partial charge in [-0.05, 0) is 45.7 Å². The lowest BCUT2D eigenvalue weighted by atomic mass is 9.98. The van der Waals surface area contributed by atoms with Crippen LogP contribution in [-0.4, -0.2) is 0 Å². The van der Waals surface area contributed by atoms with Crippen molar-refractivity contribution >= 4 is 32.5 Å². The van der Waals surface area contributed by atoms with Crippen LogP contribution < -0.4 is 0 Å². The van der Waals surface area contributed by atoms with Gasteiger partial charge in [-0.15, -0.1) is 0 Å². The Morgan fingerprint density at radius 1 is 0.560 bits per heavy atom. The number of para-hydroxylation sites is 1. The van der Waals surface area contributed by atoms with Crippen LogP contribution in [-0.2, 0) is 12.8 Å². The molecule has 0 aliphatic heterocycles. The highest BCUT2D eigenvalue weighted by Gasteiger charge is 2.05. The Hall–Kier alpha value is -3.06. The Morgan fingerprint density at radius 2 is 1.32 bits per heavy atom. The van der Waals surface area contributed by atoms with Crippen molar-refractivity contribution in [3.05, 3.63) is 96.3 Å². The Balaban J connectivity index is 1.45. The highest BCUT2D eigenvalue weighted by atomic mass is 16.3. The average Bonchev–Trinajstić information content (AvgIpc) is 3.09. The highest BCUT2D eigenvalue weighted by molar-refractivity contribution is 6.07. The van der Waals surface area contributed by atoms with E-state index < -0.39 is 0 Å². The van der Waals surface area contributed by atoms with Crippen molar-refractivity contribution in [2.24, 2.45) is 0 Å². The van der Waals surface area contributed by atoms with Crippen LogP contribution in [0, 0.1) is 0 Å². The first-order valence-corrected chi connectivity index (χ1v) is 8.75. The molecule has 5 aromatic rings. The molecule has 0 unspecified atom stereocenters. The number of hydrogen-bond donors (Lipinski definition) is 0. The van der Waals surface area contributed by atoms with Gasteiger partial charge in [-0.2, -0.15) is 0 Å². The number of aryl methyl sites for hydroxylation is 2. The Morgan fingerprint density at radius 3 is 2.24 bits per heavy atom. The molecule has 1 heterocycles. The van der Waals surface area contributed by atoms with E-state index in [2.05, 4.69) is 72.8 Å². The molecule has 0 saturated carbocycles. The normalized spacial score (nSPS) is 11.5. The summed E-state index contributed by atoms with van der Waals surface area (Å²) < 4.78 is 5.93. The molecule has 0 bridgehead atoms. The van der Waals surface area contributed by atoms with Crippen molar-refractivity contribution < 1.29 is 4.42 Å². The second kappa shape index (κ2) is 5.78. The van der Waals surface area contributed by atoms with E-state index in [-0.39, 0.29) is 0 Å². The summed E-state index contributed by atoms with van der Waals surface area (Å²) in [5.74, 6) is 1.06. The lowest BCUT2D eigenvalue weighted by molar-refractivity contribution is 0.547. The van der Waals surface area contributed by atoms with Crippen LogP contribution in [0.4, 0.5) is 0 Å². The standard InChI is InChI=1S/C24H18O/c1-3-7-22-18(5-1)11-12-19-15-17(10-14-23(19)22)9-13-21-16-20-6-2-4-8-24(20)25-21/h1-8,10-12,14-16H,9,13H2. The molecule has 0 atom stereocenters. The van der Waals surface area contributed by atoms with E-state index >= 15 is 0 Å². The number of rotatable bonds is 3. The van der Waals surface area contributed by atoms with Crippen molar-refractivity contribution in [1.29, 1.82) is 0 Å². The Bertz CT molecular complexity index is 1160. The third-order valence-corrected chi connectivity index (χ3v) is 4.95. The van der Waals surface area contributed by atoms with Crippen LogP contribution in [0.2, 0.25) is 0 Å². The van der Waals surface area contributed by atoms with Crippen LogP contribution >= 0.6 is 0 Å². The largest absolute Gasteiger partial charge is 0.461 e. The topological polar surface area (TPSA) is 13.1 Å². The van der Waals surface area contributed by atoms with Crippen LogP contribution in [0.1, 0.15) is 11.3 Å². The monoisotopic (exact) mass is 322 g/mol. The van der Waals surface area contributed by atoms with E-state index in [1.165, 1.54) is 32.5 Å². The molecule has 0 N–H and O–H groups in total. The lowest BCUT2D eigenvalue weighted by Crippen LogP contribution is -1.90. The first-order valence-electron chi connectivity index (χ1n) is 8.75. The molecule has 0 aliphatic rings. The van der Waals surface area contributed by atoms with E-state index in [9.17, 15) is 0 Å². The average molecular weight is 322 g/mol. The van der Waals surface area contributed by atoms with Gasteiger partial charge in [0.15, 0.2) is 0 Å².